The number of thioether (sulfide) groups is 1. The molecule has 0 aliphatic heterocycles. The van der Waals surface area contributed by atoms with Crippen LogP contribution in [-0.4, -0.2) is 33.5 Å². The molecule has 0 bridgehead atoms. The van der Waals surface area contributed by atoms with Crippen LogP contribution >= 0.6 is 11.8 Å². The third-order valence-electron chi connectivity index (χ3n) is 3.34. The number of carbonyl (C=O) groups excluding carboxylic acids is 1. The fraction of sp³-hybridized carbons (Fsp3) is 0.438. The van der Waals surface area contributed by atoms with Crippen molar-refractivity contribution in [1.82, 2.24) is 20.1 Å². The molecule has 1 N–H and O–H groups in total. The van der Waals surface area contributed by atoms with Crippen LogP contribution in [0.2, 0.25) is 0 Å². The molecule has 1 amide bonds. The van der Waals surface area contributed by atoms with Gasteiger partial charge in [-0.1, -0.05) is 55.4 Å². The number of hydrogen-bond donors (Lipinski definition) is 1. The first-order valence-corrected chi connectivity index (χ1v) is 8.52. The molecule has 118 valence electrons. The van der Waals surface area contributed by atoms with Gasteiger partial charge in [-0.3, -0.25) is 4.79 Å². The first kappa shape index (κ1) is 16.5. The van der Waals surface area contributed by atoms with Gasteiger partial charge in [0.2, 0.25) is 5.91 Å². The van der Waals surface area contributed by atoms with E-state index in [2.05, 4.69) is 39.1 Å². The Hall–Kier alpha value is -1.82. The molecule has 1 aromatic heterocycles. The van der Waals surface area contributed by atoms with Crippen LogP contribution in [0.5, 0.6) is 0 Å². The number of hydrogen-bond acceptors (Lipinski definition) is 4. The van der Waals surface area contributed by atoms with Crippen molar-refractivity contribution in [2.45, 2.75) is 37.9 Å². The molecule has 5 nitrogen and oxygen atoms in total. The summed E-state index contributed by atoms with van der Waals surface area (Å²) in [7, 11) is 1.64. The summed E-state index contributed by atoms with van der Waals surface area (Å²) >= 11 is 1.44. The van der Waals surface area contributed by atoms with E-state index in [-0.39, 0.29) is 5.91 Å². The Balaban J connectivity index is 2.14. The number of amides is 1. The van der Waals surface area contributed by atoms with Crippen LogP contribution in [0.15, 0.2) is 35.5 Å². The number of nitrogens with zero attached hydrogens (tertiary/aromatic N) is 3. The Morgan fingerprint density at radius 2 is 2.05 bits per heavy atom. The fourth-order valence-corrected chi connectivity index (χ4v) is 2.93. The quantitative estimate of drug-likeness (QED) is 0.760. The summed E-state index contributed by atoms with van der Waals surface area (Å²) in [5.74, 6) is 1.32. The lowest BCUT2D eigenvalue weighted by atomic mass is 10.1. The minimum atomic E-state index is -0.000323. The molecule has 1 heterocycles. The third-order valence-corrected chi connectivity index (χ3v) is 4.31. The van der Waals surface area contributed by atoms with E-state index < -0.39 is 0 Å². The summed E-state index contributed by atoms with van der Waals surface area (Å²) in [4.78, 5) is 11.4. The van der Waals surface area contributed by atoms with Gasteiger partial charge in [-0.2, -0.15) is 0 Å². The summed E-state index contributed by atoms with van der Waals surface area (Å²) in [5, 5.41) is 12.0. The second-order valence-electron chi connectivity index (χ2n) is 5.03. The number of carbonyl (C=O) groups is 1. The number of nitrogens with one attached hydrogen (secondary N) is 1. The van der Waals surface area contributed by atoms with Gasteiger partial charge in [-0.15, -0.1) is 10.2 Å². The van der Waals surface area contributed by atoms with Crippen molar-refractivity contribution in [2.24, 2.45) is 0 Å². The van der Waals surface area contributed by atoms with Gasteiger partial charge < -0.3 is 9.88 Å². The van der Waals surface area contributed by atoms with Gasteiger partial charge in [-0.25, -0.2) is 0 Å². The number of aromatic nitrogens is 3. The zero-order chi connectivity index (χ0) is 15.8. The number of unbranched alkanes of at least 4 members (excludes halogenated alkanes) is 1. The lowest BCUT2D eigenvalue weighted by Gasteiger charge is -2.09. The second kappa shape index (κ2) is 8.58. The Morgan fingerprint density at radius 1 is 1.27 bits per heavy atom. The molecule has 0 spiro atoms. The molecule has 2 aromatic rings. The zero-order valence-corrected chi connectivity index (χ0v) is 13.9. The first-order chi connectivity index (χ1) is 10.7. The van der Waals surface area contributed by atoms with Crippen LogP contribution < -0.4 is 5.32 Å². The van der Waals surface area contributed by atoms with Crippen molar-refractivity contribution in [1.29, 1.82) is 0 Å². The zero-order valence-electron chi connectivity index (χ0n) is 13.1. The van der Waals surface area contributed by atoms with Gasteiger partial charge in [0.25, 0.3) is 0 Å². The van der Waals surface area contributed by atoms with Crippen molar-refractivity contribution in [3.63, 3.8) is 0 Å². The summed E-state index contributed by atoms with van der Waals surface area (Å²) in [6.45, 7) is 3.06. The van der Waals surface area contributed by atoms with Crippen molar-refractivity contribution in [3.8, 4) is 0 Å². The normalized spacial score (nSPS) is 10.6. The number of rotatable bonds is 8. The van der Waals surface area contributed by atoms with Crippen LogP contribution in [0.4, 0.5) is 0 Å². The minimum Gasteiger partial charge on any atom is -0.358 e. The lowest BCUT2D eigenvalue weighted by molar-refractivity contribution is -0.118. The molecule has 2 rings (SSSR count). The standard InChI is InChI=1S/C16H22N4OS/c1-3-4-10-20-14(11-13-8-6-5-7-9-13)18-19-16(20)22-12-15(21)17-2/h5-9H,3-4,10-12H2,1-2H3,(H,17,21). The van der Waals surface area contributed by atoms with Crippen molar-refractivity contribution in [2.75, 3.05) is 12.8 Å². The van der Waals surface area contributed by atoms with Gasteiger partial charge in [0.1, 0.15) is 5.82 Å². The van der Waals surface area contributed by atoms with Gasteiger partial charge in [0, 0.05) is 20.0 Å². The Kier molecular flexibility index (Phi) is 6.45. The molecule has 0 aliphatic carbocycles. The van der Waals surface area contributed by atoms with Gasteiger partial charge in [0.15, 0.2) is 5.16 Å². The fourth-order valence-electron chi connectivity index (χ4n) is 2.08. The topological polar surface area (TPSA) is 59.8 Å². The van der Waals surface area contributed by atoms with Crippen molar-refractivity contribution >= 4 is 17.7 Å². The lowest BCUT2D eigenvalue weighted by Crippen LogP contribution is -2.20. The molecule has 0 fully saturated rings. The van der Waals surface area contributed by atoms with Crippen molar-refractivity contribution in [3.05, 3.63) is 41.7 Å². The van der Waals surface area contributed by atoms with E-state index >= 15 is 0 Å². The molecule has 0 saturated heterocycles. The highest BCUT2D eigenvalue weighted by molar-refractivity contribution is 7.99. The largest absolute Gasteiger partial charge is 0.358 e. The molecule has 0 radical (unpaired) electrons. The molecule has 22 heavy (non-hydrogen) atoms. The smallest absolute Gasteiger partial charge is 0.230 e. The van der Waals surface area contributed by atoms with E-state index in [1.807, 2.05) is 18.2 Å². The maximum absolute atomic E-state index is 11.4. The Bertz CT molecular complexity index is 597. The summed E-state index contributed by atoms with van der Waals surface area (Å²) < 4.78 is 2.14. The van der Waals surface area contributed by atoms with Crippen LogP contribution in [0.3, 0.4) is 0 Å². The van der Waals surface area contributed by atoms with Crippen LogP contribution in [0.25, 0.3) is 0 Å². The Morgan fingerprint density at radius 3 is 2.73 bits per heavy atom. The summed E-state index contributed by atoms with van der Waals surface area (Å²) in [5.41, 5.74) is 1.22. The highest BCUT2D eigenvalue weighted by Gasteiger charge is 2.14. The van der Waals surface area contributed by atoms with E-state index in [0.717, 1.165) is 36.8 Å². The highest BCUT2D eigenvalue weighted by Crippen LogP contribution is 2.19. The van der Waals surface area contributed by atoms with Crippen LogP contribution in [-0.2, 0) is 17.8 Å². The molecular weight excluding hydrogens is 296 g/mol. The highest BCUT2D eigenvalue weighted by atomic mass is 32.2. The average molecular weight is 318 g/mol. The molecule has 0 unspecified atom stereocenters. The van der Waals surface area contributed by atoms with Crippen LogP contribution in [0.1, 0.15) is 31.2 Å². The van der Waals surface area contributed by atoms with Gasteiger partial charge in [-0.05, 0) is 12.0 Å². The van der Waals surface area contributed by atoms with E-state index in [0.29, 0.717) is 5.75 Å². The van der Waals surface area contributed by atoms with Crippen molar-refractivity contribution < 1.29 is 4.79 Å². The van der Waals surface area contributed by atoms with Crippen LogP contribution in [0, 0.1) is 0 Å². The maximum Gasteiger partial charge on any atom is 0.230 e. The monoisotopic (exact) mass is 318 g/mol. The maximum atomic E-state index is 11.4. The molecule has 6 heteroatoms. The predicted molar refractivity (Wildman–Crippen MR) is 89.0 cm³/mol. The summed E-state index contributed by atoms with van der Waals surface area (Å²) in [6.07, 6.45) is 2.95. The van der Waals surface area contributed by atoms with Gasteiger partial charge >= 0.3 is 0 Å². The number of benzene rings is 1. The van der Waals surface area contributed by atoms with Gasteiger partial charge in [0.05, 0.1) is 5.75 Å². The first-order valence-electron chi connectivity index (χ1n) is 7.54. The predicted octanol–water partition coefficient (Wildman–Crippen LogP) is 2.51. The average Bonchev–Trinajstić information content (AvgIpc) is 2.93. The molecule has 1 aromatic carbocycles. The van der Waals surface area contributed by atoms with E-state index in [1.165, 1.54) is 17.3 Å². The molecule has 0 atom stereocenters. The van der Waals surface area contributed by atoms with E-state index in [9.17, 15) is 4.79 Å². The van der Waals surface area contributed by atoms with E-state index in [1.54, 1.807) is 7.05 Å². The van der Waals surface area contributed by atoms with E-state index in [4.69, 9.17) is 0 Å². The molecule has 0 aliphatic rings. The third kappa shape index (κ3) is 4.59. The minimum absolute atomic E-state index is 0.000323. The molecular formula is C16H22N4OS. The molecule has 0 saturated carbocycles. The Labute approximate surface area is 135 Å². The second-order valence-corrected chi connectivity index (χ2v) is 5.97. The summed E-state index contributed by atoms with van der Waals surface area (Å²) in [6, 6.07) is 10.3. The SMILES string of the molecule is CCCCn1c(Cc2ccccc2)nnc1SCC(=O)NC.